The molecule has 2 aromatic carbocycles. The SMILES string of the molecule is OC1Nc2ccccc2Oc2ccc(F)cc21. The smallest absolute Gasteiger partial charge is 0.154 e. The summed E-state index contributed by atoms with van der Waals surface area (Å²) in [7, 11) is 0. The first-order valence-corrected chi connectivity index (χ1v) is 5.25. The van der Waals surface area contributed by atoms with Crippen LogP contribution in [0.15, 0.2) is 42.5 Å². The van der Waals surface area contributed by atoms with Gasteiger partial charge >= 0.3 is 0 Å². The third-order valence-electron chi connectivity index (χ3n) is 2.67. The molecule has 0 aliphatic carbocycles. The lowest BCUT2D eigenvalue weighted by molar-refractivity contribution is 0.206. The van der Waals surface area contributed by atoms with Crippen LogP contribution in [0.25, 0.3) is 0 Å². The zero-order valence-corrected chi connectivity index (χ0v) is 8.85. The predicted molar refractivity (Wildman–Crippen MR) is 61.5 cm³/mol. The van der Waals surface area contributed by atoms with E-state index >= 15 is 0 Å². The Balaban J connectivity index is 2.14. The lowest BCUT2D eigenvalue weighted by Gasteiger charge is -2.12. The van der Waals surface area contributed by atoms with Crippen molar-refractivity contribution in [1.29, 1.82) is 0 Å². The van der Waals surface area contributed by atoms with Crippen LogP contribution in [0.3, 0.4) is 0 Å². The molecule has 1 atom stereocenters. The Bertz CT molecular complexity index is 571. The molecule has 3 nitrogen and oxygen atoms in total. The van der Waals surface area contributed by atoms with E-state index in [1.165, 1.54) is 18.2 Å². The van der Waals surface area contributed by atoms with Crippen LogP contribution in [-0.2, 0) is 0 Å². The van der Waals surface area contributed by atoms with Gasteiger partial charge in [0, 0.05) is 5.56 Å². The highest BCUT2D eigenvalue weighted by Gasteiger charge is 2.20. The Morgan fingerprint density at radius 1 is 1.12 bits per heavy atom. The van der Waals surface area contributed by atoms with Crippen molar-refractivity contribution in [3.05, 3.63) is 53.8 Å². The van der Waals surface area contributed by atoms with Crippen LogP contribution in [-0.4, -0.2) is 5.11 Å². The molecule has 4 heteroatoms. The van der Waals surface area contributed by atoms with E-state index in [0.29, 0.717) is 22.7 Å². The second-order valence-electron chi connectivity index (χ2n) is 3.83. The molecule has 0 radical (unpaired) electrons. The highest BCUT2D eigenvalue weighted by atomic mass is 19.1. The second-order valence-corrected chi connectivity index (χ2v) is 3.83. The molecule has 0 saturated carbocycles. The molecule has 0 fully saturated rings. The number of nitrogens with one attached hydrogen (secondary N) is 1. The summed E-state index contributed by atoms with van der Waals surface area (Å²) in [6, 6.07) is 11.3. The maximum Gasteiger partial charge on any atom is 0.154 e. The molecule has 1 unspecified atom stereocenters. The summed E-state index contributed by atoms with van der Waals surface area (Å²) in [5, 5.41) is 12.8. The Kier molecular flexibility index (Phi) is 2.23. The van der Waals surface area contributed by atoms with Crippen LogP contribution in [0.5, 0.6) is 11.5 Å². The Hall–Kier alpha value is -2.07. The number of hydrogen-bond acceptors (Lipinski definition) is 3. The van der Waals surface area contributed by atoms with E-state index < -0.39 is 12.0 Å². The van der Waals surface area contributed by atoms with Gasteiger partial charge < -0.3 is 15.2 Å². The summed E-state index contributed by atoms with van der Waals surface area (Å²) >= 11 is 0. The number of ether oxygens (including phenoxy) is 1. The quantitative estimate of drug-likeness (QED) is 0.732. The van der Waals surface area contributed by atoms with Gasteiger partial charge in [-0.3, -0.25) is 0 Å². The standard InChI is InChI=1S/C13H10FNO2/c14-8-5-6-11-9(7-8)13(16)15-10-3-1-2-4-12(10)17-11/h1-7,13,15-16H. The van der Waals surface area contributed by atoms with E-state index in [4.69, 9.17) is 4.74 Å². The van der Waals surface area contributed by atoms with Crippen molar-refractivity contribution in [2.24, 2.45) is 0 Å². The summed E-state index contributed by atoms with van der Waals surface area (Å²) < 4.78 is 18.8. The van der Waals surface area contributed by atoms with Crippen LogP contribution in [0, 0.1) is 5.82 Å². The van der Waals surface area contributed by atoms with Crippen molar-refractivity contribution < 1.29 is 14.2 Å². The largest absolute Gasteiger partial charge is 0.455 e. The van der Waals surface area contributed by atoms with Gasteiger partial charge in [-0.05, 0) is 30.3 Å². The first-order chi connectivity index (χ1) is 8.24. The minimum absolute atomic E-state index is 0.390. The van der Waals surface area contributed by atoms with E-state index in [-0.39, 0.29) is 0 Å². The number of para-hydroxylation sites is 2. The molecule has 1 aliphatic rings. The number of halogens is 1. The normalized spacial score (nSPS) is 17.2. The monoisotopic (exact) mass is 231 g/mol. The fraction of sp³-hybridized carbons (Fsp3) is 0.0769. The first-order valence-electron chi connectivity index (χ1n) is 5.25. The van der Waals surface area contributed by atoms with Gasteiger partial charge in [0.05, 0.1) is 5.69 Å². The summed E-state index contributed by atoms with van der Waals surface area (Å²) in [5.74, 6) is 0.660. The van der Waals surface area contributed by atoms with Crippen LogP contribution < -0.4 is 10.1 Å². The molecule has 86 valence electrons. The molecule has 2 N–H and O–H groups in total. The van der Waals surface area contributed by atoms with Gasteiger partial charge in [0.1, 0.15) is 11.6 Å². The maximum atomic E-state index is 13.1. The Labute approximate surface area is 97.5 Å². The van der Waals surface area contributed by atoms with Crippen molar-refractivity contribution in [3.8, 4) is 11.5 Å². The van der Waals surface area contributed by atoms with Crippen molar-refractivity contribution >= 4 is 5.69 Å². The highest BCUT2D eigenvalue weighted by Crippen LogP contribution is 2.38. The average Bonchev–Trinajstić information content (AvgIpc) is 2.46. The highest BCUT2D eigenvalue weighted by molar-refractivity contribution is 5.61. The van der Waals surface area contributed by atoms with E-state index in [2.05, 4.69) is 5.32 Å². The van der Waals surface area contributed by atoms with E-state index in [9.17, 15) is 9.50 Å². The fourth-order valence-electron chi connectivity index (χ4n) is 1.84. The molecule has 17 heavy (non-hydrogen) atoms. The van der Waals surface area contributed by atoms with Crippen LogP contribution in [0.1, 0.15) is 11.8 Å². The van der Waals surface area contributed by atoms with Gasteiger partial charge in [-0.2, -0.15) is 0 Å². The maximum absolute atomic E-state index is 13.1. The first kappa shape index (κ1) is 10.1. The number of anilines is 1. The van der Waals surface area contributed by atoms with Gasteiger partial charge in [0.15, 0.2) is 12.0 Å². The lowest BCUT2D eigenvalue weighted by atomic mass is 10.1. The van der Waals surface area contributed by atoms with Gasteiger partial charge in [0.2, 0.25) is 0 Å². The van der Waals surface area contributed by atoms with Crippen molar-refractivity contribution in [1.82, 2.24) is 0 Å². The topological polar surface area (TPSA) is 41.5 Å². The van der Waals surface area contributed by atoms with Crippen LogP contribution in [0.2, 0.25) is 0 Å². The second kappa shape index (κ2) is 3.75. The van der Waals surface area contributed by atoms with Crippen molar-refractivity contribution in [2.45, 2.75) is 6.23 Å². The van der Waals surface area contributed by atoms with Crippen LogP contribution >= 0.6 is 0 Å². The summed E-state index contributed by atoms with van der Waals surface area (Å²) in [5.41, 5.74) is 1.07. The minimum atomic E-state index is -0.982. The molecule has 1 heterocycles. The molecule has 0 spiro atoms. The third kappa shape index (κ3) is 1.72. The van der Waals surface area contributed by atoms with Gasteiger partial charge in [-0.1, -0.05) is 12.1 Å². The number of hydrogen-bond donors (Lipinski definition) is 2. The number of benzene rings is 2. The number of aliphatic hydroxyl groups excluding tert-OH is 1. The average molecular weight is 231 g/mol. The van der Waals surface area contributed by atoms with Crippen molar-refractivity contribution in [3.63, 3.8) is 0 Å². The summed E-state index contributed by atoms with van der Waals surface area (Å²) in [6.07, 6.45) is -0.982. The molecule has 3 rings (SSSR count). The predicted octanol–water partition coefficient (Wildman–Crippen LogP) is 3.03. The zero-order chi connectivity index (χ0) is 11.8. The van der Waals surface area contributed by atoms with Crippen LogP contribution in [0.4, 0.5) is 10.1 Å². The molecular weight excluding hydrogens is 221 g/mol. The molecule has 1 aliphatic heterocycles. The van der Waals surface area contributed by atoms with Gasteiger partial charge in [-0.15, -0.1) is 0 Å². The molecule has 0 saturated heterocycles. The van der Waals surface area contributed by atoms with E-state index in [1.807, 2.05) is 12.1 Å². The molecule has 0 aromatic heterocycles. The van der Waals surface area contributed by atoms with E-state index in [0.717, 1.165) is 0 Å². The van der Waals surface area contributed by atoms with Crippen molar-refractivity contribution in [2.75, 3.05) is 5.32 Å². The van der Waals surface area contributed by atoms with E-state index in [1.54, 1.807) is 12.1 Å². The number of fused-ring (bicyclic) bond motifs is 2. The molecule has 0 bridgehead atoms. The zero-order valence-electron chi connectivity index (χ0n) is 8.85. The van der Waals surface area contributed by atoms with Gasteiger partial charge in [0.25, 0.3) is 0 Å². The summed E-state index contributed by atoms with van der Waals surface area (Å²) in [6.45, 7) is 0. The minimum Gasteiger partial charge on any atom is -0.455 e. The molecule has 2 aromatic rings. The Morgan fingerprint density at radius 2 is 1.94 bits per heavy atom. The number of rotatable bonds is 0. The van der Waals surface area contributed by atoms with Gasteiger partial charge in [-0.25, -0.2) is 4.39 Å². The molecular formula is C13H10FNO2. The number of aliphatic hydroxyl groups is 1. The molecule has 0 amide bonds. The lowest BCUT2D eigenvalue weighted by Crippen LogP contribution is -2.08. The third-order valence-corrected chi connectivity index (χ3v) is 2.67. The summed E-state index contributed by atoms with van der Waals surface area (Å²) in [4.78, 5) is 0. The Morgan fingerprint density at radius 3 is 2.82 bits per heavy atom. The fourth-order valence-corrected chi connectivity index (χ4v) is 1.84.